The fourth-order valence-corrected chi connectivity index (χ4v) is 5.51. The summed E-state index contributed by atoms with van der Waals surface area (Å²) >= 11 is 3.09. The fourth-order valence-electron chi connectivity index (χ4n) is 3.34. The first-order valence-electron chi connectivity index (χ1n) is 9.81. The number of thioether (sulfide) groups is 1. The quantitative estimate of drug-likeness (QED) is 0.529. The molecule has 0 aliphatic heterocycles. The van der Waals surface area contributed by atoms with Crippen molar-refractivity contribution in [3.8, 4) is 0 Å². The average Bonchev–Trinajstić information content (AvgIpc) is 3.18. The Labute approximate surface area is 174 Å². The van der Waals surface area contributed by atoms with E-state index in [1.54, 1.807) is 36.2 Å². The van der Waals surface area contributed by atoms with Gasteiger partial charge in [0.1, 0.15) is 5.00 Å². The Hall–Kier alpha value is -1.80. The van der Waals surface area contributed by atoms with Crippen molar-refractivity contribution in [2.75, 3.05) is 17.7 Å². The normalized spacial score (nSPS) is 14.1. The van der Waals surface area contributed by atoms with E-state index < -0.39 is 0 Å². The monoisotopic (exact) mass is 421 g/mol. The van der Waals surface area contributed by atoms with Crippen LogP contribution in [0.4, 0.5) is 5.00 Å². The maximum Gasteiger partial charge on any atom is 0.341 e. The predicted molar refractivity (Wildman–Crippen MR) is 113 cm³/mol. The van der Waals surface area contributed by atoms with Crippen LogP contribution < -0.4 is 5.32 Å². The van der Waals surface area contributed by atoms with Crippen LogP contribution in [-0.2, 0) is 29.4 Å². The molecule has 1 amide bonds. The minimum absolute atomic E-state index is 0.0820. The molecule has 0 bridgehead atoms. The van der Waals surface area contributed by atoms with E-state index in [0.717, 1.165) is 36.4 Å². The summed E-state index contributed by atoms with van der Waals surface area (Å²) in [6.07, 6.45) is 10.4. The molecule has 6 nitrogen and oxygen atoms in total. The number of hydrogen-bond acceptors (Lipinski definition) is 6. The first kappa shape index (κ1) is 20.9. The number of fused-ring (bicyclic) bond motifs is 1. The number of aromatic nitrogens is 2. The molecule has 0 aromatic carbocycles. The van der Waals surface area contributed by atoms with Gasteiger partial charge in [-0.2, -0.15) is 0 Å². The highest BCUT2D eigenvalue weighted by molar-refractivity contribution is 7.99. The van der Waals surface area contributed by atoms with Gasteiger partial charge in [-0.25, -0.2) is 9.78 Å². The number of anilines is 1. The number of amides is 1. The Bertz CT molecular complexity index is 829. The SMILES string of the molecule is CCOC(=O)c1c(NC(=O)CCSc2nccn2C)sc2c1CCCCCC2. The van der Waals surface area contributed by atoms with Gasteiger partial charge in [0.05, 0.1) is 12.2 Å². The van der Waals surface area contributed by atoms with Crippen molar-refractivity contribution in [3.05, 3.63) is 28.4 Å². The number of carbonyl (C=O) groups excluding carboxylic acids is 2. The van der Waals surface area contributed by atoms with Gasteiger partial charge in [-0.1, -0.05) is 24.6 Å². The molecule has 28 heavy (non-hydrogen) atoms. The summed E-state index contributed by atoms with van der Waals surface area (Å²) in [5, 5.41) is 4.52. The maximum absolute atomic E-state index is 12.6. The Morgan fingerprint density at radius 1 is 1.29 bits per heavy atom. The lowest BCUT2D eigenvalue weighted by atomic mass is 9.96. The molecule has 8 heteroatoms. The first-order valence-corrected chi connectivity index (χ1v) is 11.6. The van der Waals surface area contributed by atoms with E-state index in [4.69, 9.17) is 4.74 Å². The highest BCUT2D eigenvalue weighted by Crippen LogP contribution is 2.37. The third-order valence-corrected chi connectivity index (χ3v) is 7.01. The number of nitrogens with one attached hydrogen (secondary N) is 1. The van der Waals surface area contributed by atoms with E-state index >= 15 is 0 Å². The van der Waals surface area contributed by atoms with Gasteiger partial charge in [0.15, 0.2) is 5.16 Å². The minimum Gasteiger partial charge on any atom is -0.462 e. The molecule has 0 spiro atoms. The Kier molecular flexibility index (Phi) is 7.56. The molecule has 2 aromatic rings. The molecule has 152 valence electrons. The molecule has 2 aromatic heterocycles. The van der Waals surface area contributed by atoms with Gasteiger partial charge in [-0.05, 0) is 38.2 Å². The second kappa shape index (κ2) is 10.1. The smallest absolute Gasteiger partial charge is 0.341 e. The second-order valence-electron chi connectivity index (χ2n) is 6.81. The minimum atomic E-state index is -0.321. The van der Waals surface area contributed by atoms with E-state index in [2.05, 4.69) is 10.3 Å². The number of thiophene rings is 1. The Morgan fingerprint density at radius 3 is 2.79 bits per heavy atom. The summed E-state index contributed by atoms with van der Waals surface area (Å²) < 4.78 is 7.22. The van der Waals surface area contributed by atoms with Crippen molar-refractivity contribution in [3.63, 3.8) is 0 Å². The van der Waals surface area contributed by atoms with E-state index in [1.165, 1.54) is 17.7 Å². The van der Waals surface area contributed by atoms with Crippen molar-refractivity contribution in [2.24, 2.45) is 7.05 Å². The molecule has 0 unspecified atom stereocenters. The van der Waals surface area contributed by atoms with Crippen LogP contribution in [0.3, 0.4) is 0 Å². The van der Waals surface area contributed by atoms with E-state index in [1.807, 2.05) is 17.8 Å². The van der Waals surface area contributed by atoms with Gasteiger partial charge in [0, 0.05) is 36.5 Å². The highest BCUT2D eigenvalue weighted by Gasteiger charge is 2.26. The van der Waals surface area contributed by atoms with Gasteiger partial charge in [0.2, 0.25) is 5.91 Å². The standard InChI is InChI=1S/C20H27N3O3S2/c1-3-26-19(25)17-14-8-6-4-5-7-9-15(14)28-18(17)22-16(24)10-13-27-20-21-11-12-23(20)2/h11-12H,3-10,13H2,1-2H3,(H,22,24). The molecule has 0 atom stereocenters. The van der Waals surface area contributed by atoms with Gasteiger partial charge in [-0.15, -0.1) is 11.3 Å². The average molecular weight is 422 g/mol. The molecular weight excluding hydrogens is 394 g/mol. The zero-order valence-electron chi connectivity index (χ0n) is 16.5. The third kappa shape index (κ3) is 5.17. The molecule has 1 N–H and O–H groups in total. The van der Waals surface area contributed by atoms with Crippen molar-refractivity contribution < 1.29 is 14.3 Å². The zero-order chi connectivity index (χ0) is 19.9. The van der Waals surface area contributed by atoms with Crippen molar-refractivity contribution in [1.82, 2.24) is 9.55 Å². The number of aryl methyl sites for hydroxylation is 2. The summed E-state index contributed by atoms with van der Waals surface area (Å²) in [5.41, 5.74) is 1.66. The number of ether oxygens (including phenoxy) is 1. The summed E-state index contributed by atoms with van der Waals surface area (Å²) in [6, 6.07) is 0. The Morgan fingerprint density at radius 2 is 2.07 bits per heavy atom. The van der Waals surface area contributed by atoms with Crippen molar-refractivity contribution in [2.45, 2.75) is 57.0 Å². The third-order valence-electron chi connectivity index (χ3n) is 4.74. The molecule has 0 saturated carbocycles. The van der Waals surface area contributed by atoms with Gasteiger partial charge >= 0.3 is 5.97 Å². The Balaban J connectivity index is 1.70. The summed E-state index contributed by atoms with van der Waals surface area (Å²) in [6.45, 7) is 2.14. The molecule has 3 rings (SSSR count). The molecule has 0 radical (unpaired) electrons. The number of nitrogens with zero attached hydrogens (tertiary/aromatic N) is 2. The fraction of sp³-hybridized carbons (Fsp3) is 0.550. The molecular formula is C20H27N3O3S2. The van der Waals surface area contributed by atoms with Crippen molar-refractivity contribution in [1.29, 1.82) is 0 Å². The second-order valence-corrected chi connectivity index (χ2v) is 8.98. The number of imidazole rings is 1. The first-order chi connectivity index (χ1) is 13.6. The largest absolute Gasteiger partial charge is 0.462 e. The van der Waals surface area contributed by atoms with Crippen LogP contribution >= 0.6 is 23.1 Å². The lowest BCUT2D eigenvalue weighted by Gasteiger charge is -2.11. The summed E-state index contributed by atoms with van der Waals surface area (Å²) in [5.74, 6) is 0.232. The molecule has 2 heterocycles. The van der Waals surface area contributed by atoms with Gasteiger partial charge in [0.25, 0.3) is 0 Å². The van der Waals surface area contributed by atoms with Gasteiger partial charge in [-0.3, -0.25) is 4.79 Å². The zero-order valence-corrected chi connectivity index (χ0v) is 18.1. The van der Waals surface area contributed by atoms with Crippen LogP contribution in [0.25, 0.3) is 0 Å². The number of carbonyl (C=O) groups is 2. The lowest BCUT2D eigenvalue weighted by Crippen LogP contribution is -2.15. The number of hydrogen-bond donors (Lipinski definition) is 1. The topological polar surface area (TPSA) is 73.2 Å². The summed E-state index contributed by atoms with van der Waals surface area (Å²) in [4.78, 5) is 30.6. The predicted octanol–water partition coefficient (Wildman–Crippen LogP) is 4.44. The van der Waals surface area contributed by atoms with Crippen LogP contribution in [0.2, 0.25) is 0 Å². The van der Waals surface area contributed by atoms with Crippen LogP contribution in [0, 0.1) is 0 Å². The van der Waals surface area contributed by atoms with E-state index in [0.29, 0.717) is 29.3 Å². The van der Waals surface area contributed by atoms with Crippen molar-refractivity contribution >= 4 is 40.0 Å². The van der Waals surface area contributed by atoms with E-state index in [-0.39, 0.29) is 11.9 Å². The van der Waals surface area contributed by atoms with Crippen LogP contribution in [0.1, 0.15) is 59.8 Å². The van der Waals surface area contributed by atoms with Crippen LogP contribution in [0.5, 0.6) is 0 Å². The van der Waals surface area contributed by atoms with Gasteiger partial charge < -0.3 is 14.6 Å². The highest BCUT2D eigenvalue weighted by atomic mass is 32.2. The van der Waals surface area contributed by atoms with E-state index in [9.17, 15) is 9.59 Å². The lowest BCUT2D eigenvalue weighted by molar-refractivity contribution is -0.115. The molecule has 1 aliphatic rings. The summed E-state index contributed by atoms with van der Waals surface area (Å²) in [7, 11) is 1.93. The number of rotatable bonds is 7. The number of esters is 1. The maximum atomic E-state index is 12.6. The van der Waals surface area contributed by atoms with Crippen LogP contribution in [-0.4, -0.2) is 33.8 Å². The molecule has 1 aliphatic carbocycles. The molecule has 0 saturated heterocycles. The van der Waals surface area contributed by atoms with Crippen LogP contribution in [0.15, 0.2) is 17.6 Å². The molecule has 0 fully saturated rings.